The number of benzene rings is 6. The van der Waals surface area contributed by atoms with Crippen LogP contribution in [0, 0.1) is 11.3 Å². The number of halogens is 1. The predicted molar refractivity (Wildman–Crippen MR) is 174 cm³/mol. The summed E-state index contributed by atoms with van der Waals surface area (Å²) in [5, 5.41) is 12.3. The molecular weight excluding hydrogens is 548 g/mol. The summed E-state index contributed by atoms with van der Waals surface area (Å²) < 4.78 is 0. The summed E-state index contributed by atoms with van der Waals surface area (Å²) in [5.74, 6) is 1.72. The van der Waals surface area contributed by atoms with Gasteiger partial charge in [-0.15, -0.1) is 0 Å². The molecule has 43 heavy (non-hydrogen) atoms. The van der Waals surface area contributed by atoms with E-state index in [0.717, 1.165) is 49.7 Å². The number of fused-ring (bicyclic) bond motifs is 1. The van der Waals surface area contributed by atoms with Crippen LogP contribution in [0.5, 0.6) is 0 Å². The Kier molecular flexibility index (Phi) is 6.92. The SMILES string of the molecule is N#Cc1ccc(-c2cccc(-c3nc(-c4ccccc4)nc(-c4ccccc4-c4ccccc4Cl)n3)c2)c2ccccc12. The molecule has 0 spiro atoms. The molecule has 0 aliphatic rings. The topological polar surface area (TPSA) is 62.5 Å². The Bertz CT molecular complexity index is 2170. The van der Waals surface area contributed by atoms with E-state index in [4.69, 9.17) is 26.6 Å². The maximum absolute atomic E-state index is 9.66. The number of rotatable bonds is 5. The summed E-state index contributed by atoms with van der Waals surface area (Å²) in [4.78, 5) is 14.9. The first-order chi connectivity index (χ1) is 21.2. The molecule has 7 aromatic rings. The highest BCUT2D eigenvalue weighted by Crippen LogP contribution is 2.37. The van der Waals surface area contributed by atoms with E-state index < -0.39 is 0 Å². The molecule has 0 bridgehead atoms. The van der Waals surface area contributed by atoms with Crippen molar-refractivity contribution in [2.45, 2.75) is 0 Å². The summed E-state index contributed by atoms with van der Waals surface area (Å²) in [6, 6.07) is 48.2. The second-order valence-electron chi connectivity index (χ2n) is 10.1. The molecular formula is C38H23ClN4. The Balaban J connectivity index is 1.42. The van der Waals surface area contributed by atoms with Crippen molar-refractivity contribution in [3.05, 3.63) is 150 Å². The molecule has 0 aliphatic heterocycles. The Labute approximate surface area is 254 Å². The molecule has 0 amide bonds. The average Bonchev–Trinajstić information content (AvgIpc) is 3.08. The maximum atomic E-state index is 9.66. The molecule has 1 heterocycles. The molecule has 0 radical (unpaired) electrons. The smallest absolute Gasteiger partial charge is 0.164 e. The van der Waals surface area contributed by atoms with Gasteiger partial charge in [-0.05, 0) is 40.3 Å². The minimum atomic E-state index is 0.564. The van der Waals surface area contributed by atoms with E-state index in [1.54, 1.807) is 0 Å². The van der Waals surface area contributed by atoms with Crippen molar-refractivity contribution in [1.29, 1.82) is 5.26 Å². The minimum absolute atomic E-state index is 0.564. The fraction of sp³-hybridized carbons (Fsp3) is 0. The highest BCUT2D eigenvalue weighted by atomic mass is 35.5. The predicted octanol–water partition coefficient (Wildman–Crippen LogP) is 9.88. The fourth-order valence-electron chi connectivity index (χ4n) is 5.41. The molecule has 6 aromatic carbocycles. The van der Waals surface area contributed by atoms with Crippen LogP contribution in [0.4, 0.5) is 0 Å². The monoisotopic (exact) mass is 570 g/mol. The third-order valence-corrected chi connectivity index (χ3v) is 7.81. The Morgan fingerprint density at radius 3 is 1.79 bits per heavy atom. The lowest BCUT2D eigenvalue weighted by atomic mass is 9.94. The molecule has 4 nitrogen and oxygen atoms in total. The lowest BCUT2D eigenvalue weighted by molar-refractivity contribution is 1.07. The standard InChI is InChI=1S/C38H23ClN4/c39-35-20-9-8-18-33(35)32-17-6-7-19-34(32)38-42-36(25-11-2-1-3-12-25)41-37(43-38)27-14-10-13-26(23-27)30-22-21-28(24-40)29-15-4-5-16-31(29)30/h1-23H. The molecule has 0 N–H and O–H groups in total. The molecule has 0 unspecified atom stereocenters. The first-order valence-corrected chi connectivity index (χ1v) is 14.3. The van der Waals surface area contributed by atoms with Crippen LogP contribution < -0.4 is 0 Å². The van der Waals surface area contributed by atoms with Crippen molar-refractivity contribution in [3.8, 4) is 62.5 Å². The van der Waals surface area contributed by atoms with Crippen LogP contribution in [0.25, 0.3) is 67.2 Å². The van der Waals surface area contributed by atoms with E-state index in [1.165, 1.54) is 0 Å². The van der Waals surface area contributed by atoms with Gasteiger partial charge in [0.1, 0.15) is 0 Å². The second-order valence-corrected chi connectivity index (χ2v) is 10.5. The van der Waals surface area contributed by atoms with Gasteiger partial charge in [0.2, 0.25) is 0 Å². The zero-order valence-corrected chi connectivity index (χ0v) is 23.7. The van der Waals surface area contributed by atoms with E-state index in [9.17, 15) is 5.26 Å². The van der Waals surface area contributed by atoms with Crippen LogP contribution in [0.1, 0.15) is 5.56 Å². The number of nitrogens with zero attached hydrogens (tertiary/aromatic N) is 4. The van der Waals surface area contributed by atoms with Crippen molar-refractivity contribution in [2.24, 2.45) is 0 Å². The van der Waals surface area contributed by atoms with Gasteiger partial charge >= 0.3 is 0 Å². The van der Waals surface area contributed by atoms with Crippen LogP contribution in [0.2, 0.25) is 5.02 Å². The van der Waals surface area contributed by atoms with Crippen molar-refractivity contribution in [3.63, 3.8) is 0 Å². The summed E-state index contributed by atoms with van der Waals surface area (Å²) in [6.45, 7) is 0. The molecule has 0 fully saturated rings. The second kappa shape index (κ2) is 11.3. The minimum Gasteiger partial charge on any atom is -0.208 e. The molecule has 7 rings (SSSR count). The van der Waals surface area contributed by atoms with Crippen molar-refractivity contribution < 1.29 is 0 Å². The Morgan fingerprint density at radius 1 is 0.442 bits per heavy atom. The van der Waals surface area contributed by atoms with E-state index >= 15 is 0 Å². The summed E-state index contributed by atoms with van der Waals surface area (Å²) in [7, 11) is 0. The van der Waals surface area contributed by atoms with Crippen molar-refractivity contribution in [1.82, 2.24) is 15.0 Å². The first-order valence-electron chi connectivity index (χ1n) is 13.9. The largest absolute Gasteiger partial charge is 0.208 e. The molecule has 1 aromatic heterocycles. The highest BCUT2D eigenvalue weighted by Gasteiger charge is 2.17. The van der Waals surface area contributed by atoms with Gasteiger partial charge < -0.3 is 0 Å². The van der Waals surface area contributed by atoms with Gasteiger partial charge in [-0.2, -0.15) is 5.26 Å². The summed E-state index contributed by atoms with van der Waals surface area (Å²) in [6.07, 6.45) is 0. The van der Waals surface area contributed by atoms with Gasteiger partial charge in [0.25, 0.3) is 0 Å². The Morgan fingerprint density at radius 2 is 1.02 bits per heavy atom. The van der Waals surface area contributed by atoms with E-state index in [-0.39, 0.29) is 0 Å². The first kappa shape index (κ1) is 26.3. The maximum Gasteiger partial charge on any atom is 0.164 e. The molecule has 0 aliphatic carbocycles. The fourth-order valence-corrected chi connectivity index (χ4v) is 5.65. The van der Waals surface area contributed by atoms with E-state index in [1.807, 2.05) is 121 Å². The normalized spacial score (nSPS) is 10.9. The molecule has 202 valence electrons. The van der Waals surface area contributed by atoms with Crippen LogP contribution in [-0.4, -0.2) is 15.0 Å². The Hall–Kier alpha value is -5.63. The quantitative estimate of drug-likeness (QED) is 0.206. The van der Waals surface area contributed by atoms with Crippen molar-refractivity contribution in [2.75, 3.05) is 0 Å². The van der Waals surface area contributed by atoms with E-state index in [0.29, 0.717) is 28.1 Å². The summed E-state index contributed by atoms with van der Waals surface area (Å²) >= 11 is 6.64. The zero-order valence-electron chi connectivity index (χ0n) is 22.9. The molecule has 0 saturated heterocycles. The van der Waals surface area contributed by atoms with Gasteiger partial charge in [-0.3, -0.25) is 0 Å². The molecule has 0 saturated carbocycles. The van der Waals surface area contributed by atoms with E-state index in [2.05, 4.69) is 24.3 Å². The summed E-state index contributed by atoms with van der Waals surface area (Å²) in [5.41, 5.74) is 7.20. The van der Waals surface area contributed by atoms with Gasteiger partial charge in [-0.1, -0.05) is 133 Å². The lowest BCUT2D eigenvalue weighted by Crippen LogP contribution is -2.01. The van der Waals surface area contributed by atoms with Crippen LogP contribution in [-0.2, 0) is 0 Å². The lowest BCUT2D eigenvalue weighted by Gasteiger charge is -2.13. The number of nitriles is 1. The van der Waals surface area contributed by atoms with Gasteiger partial charge in [-0.25, -0.2) is 15.0 Å². The highest BCUT2D eigenvalue weighted by molar-refractivity contribution is 6.33. The van der Waals surface area contributed by atoms with Gasteiger partial charge in [0.15, 0.2) is 17.5 Å². The zero-order chi connectivity index (χ0) is 29.2. The van der Waals surface area contributed by atoms with Crippen LogP contribution in [0.3, 0.4) is 0 Å². The van der Waals surface area contributed by atoms with Crippen molar-refractivity contribution >= 4 is 22.4 Å². The van der Waals surface area contributed by atoms with Crippen LogP contribution >= 0.6 is 11.6 Å². The number of hydrogen-bond acceptors (Lipinski definition) is 4. The number of hydrogen-bond donors (Lipinski definition) is 0. The number of aromatic nitrogens is 3. The average molecular weight is 571 g/mol. The van der Waals surface area contributed by atoms with Crippen LogP contribution in [0.15, 0.2) is 140 Å². The van der Waals surface area contributed by atoms with Gasteiger partial charge in [0, 0.05) is 32.7 Å². The molecule has 5 heteroatoms. The third-order valence-electron chi connectivity index (χ3n) is 7.48. The molecule has 0 atom stereocenters. The third kappa shape index (κ3) is 5.04. The van der Waals surface area contributed by atoms with Gasteiger partial charge in [0.05, 0.1) is 11.6 Å².